The Morgan fingerprint density at radius 2 is 2.00 bits per heavy atom. The van der Waals surface area contributed by atoms with Crippen molar-refractivity contribution in [2.45, 2.75) is 13.0 Å². The van der Waals surface area contributed by atoms with Crippen molar-refractivity contribution in [3.8, 4) is 0 Å². The molecule has 4 heteroatoms. The number of nitrogens with two attached hydrogens (primary N) is 1. The second kappa shape index (κ2) is 6.40. The van der Waals surface area contributed by atoms with Crippen LogP contribution in [0.15, 0.2) is 30.3 Å². The van der Waals surface area contributed by atoms with Gasteiger partial charge in [0.25, 0.3) is 0 Å². The van der Waals surface area contributed by atoms with Crippen LogP contribution in [0.1, 0.15) is 18.5 Å². The number of carbonyl (C=O) groups excluding carboxylic acids is 1. The van der Waals surface area contributed by atoms with E-state index in [0.717, 1.165) is 5.56 Å². The number of halogens is 1. The second-order valence-electron chi connectivity index (χ2n) is 2.90. The van der Waals surface area contributed by atoms with Gasteiger partial charge in [-0.05, 0) is 12.5 Å². The van der Waals surface area contributed by atoms with Gasteiger partial charge in [0.2, 0.25) is 5.91 Å². The number of amides is 1. The third kappa shape index (κ3) is 3.77. The van der Waals surface area contributed by atoms with E-state index in [9.17, 15) is 4.79 Å². The molecule has 1 atom stereocenters. The first-order chi connectivity index (χ1) is 6.24. The first-order valence-corrected chi connectivity index (χ1v) is 4.28. The number of hydrogen-bond donors (Lipinski definition) is 2. The molecule has 1 unspecified atom stereocenters. The molecule has 3 nitrogen and oxygen atoms in total. The molecule has 0 radical (unpaired) electrons. The quantitative estimate of drug-likeness (QED) is 0.796. The van der Waals surface area contributed by atoms with Gasteiger partial charge in [0.15, 0.2) is 0 Å². The average Bonchev–Trinajstić information content (AvgIpc) is 2.19. The van der Waals surface area contributed by atoms with Crippen molar-refractivity contribution < 1.29 is 4.79 Å². The summed E-state index contributed by atoms with van der Waals surface area (Å²) in [5.41, 5.74) is 6.27. The topological polar surface area (TPSA) is 55.1 Å². The largest absolute Gasteiger partial charge is 0.348 e. The van der Waals surface area contributed by atoms with Crippen LogP contribution in [0.4, 0.5) is 0 Å². The molecule has 0 fully saturated rings. The van der Waals surface area contributed by atoms with Crippen LogP contribution in [-0.2, 0) is 4.79 Å². The summed E-state index contributed by atoms with van der Waals surface area (Å²) in [5.74, 6) is -0.128. The molecule has 0 aliphatic rings. The molecule has 1 rings (SSSR count). The van der Waals surface area contributed by atoms with Gasteiger partial charge >= 0.3 is 0 Å². The van der Waals surface area contributed by atoms with Crippen LogP contribution in [0, 0.1) is 0 Å². The van der Waals surface area contributed by atoms with Crippen LogP contribution >= 0.6 is 12.4 Å². The fourth-order valence-electron chi connectivity index (χ4n) is 1.13. The summed E-state index contributed by atoms with van der Waals surface area (Å²) in [4.78, 5) is 11.0. The maximum absolute atomic E-state index is 11.0. The molecule has 1 aromatic carbocycles. The van der Waals surface area contributed by atoms with E-state index in [1.54, 1.807) is 0 Å². The minimum absolute atomic E-state index is 0. The zero-order valence-corrected chi connectivity index (χ0v) is 8.88. The zero-order chi connectivity index (χ0) is 9.68. The summed E-state index contributed by atoms with van der Waals surface area (Å²) in [6.07, 6.45) is 0. The lowest BCUT2D eigenvalue weighted by Crippen LogP contribution is -2.32. The van der Waals surface area contributed by atoms with Crippen molar-refractivity contribution in [1.29, 1.82) is 0 Å². The number of hydrogen-bond acceptors (Lipinski definition) is 2. The van der Waals surface area contributed by atoms with E-state index in [2.05, 4.69) is 5.32 Å². The van der Waals surface area contributed by atoms with Crippen molar-refractivity contribution in [2.24, 2.45) is 5.73 Å². The number of carbonyl (C=O) groups is 1. The zero-order valence-electron chi connectivity index (χ0n) is 8.07. The Balaban J connectivity index is 0.00000169. The Morgan fingerprint density at radius 3 is 2.50 bits per heavy atom. The van der Waals surface area contributed by atoms with E-state index in [1.165, 1.54) is 0 Å². The van der Waals surface area contributed by atoms with E-state index < -0.39 is 0 Å². The lowest BCUT2D eigenvalue weighted by atomic mass is 10.1. The van der Waals surface area contributed by atoms with Crippen LogP contribution in [0.2, 0.25) is 0 Å². The highest BCUT2D eigenvalue weighted by molar-refractivity contribution is 5.85. The van der Waals surface area contributed by atoms with E-state index in [1.807, 2.05) is 37.3 Å². The van der Waals surface area contributed by atoms with E-state index in [0.29, 0.717) is 0 Å². The molecule has 3 N–H and O–H groups in total. The van der Waals surface area contributed by atoms with Crippen LogP contribution < -0.4 is 11.1 Å². The molecule has 0 saturated carbocycles. The summed E-state index contributed by atoms with van der Waals surface area (Å²) in [6.45, 7) is 1.97. The third-order valence-electron chi connectivity index (χ3n) is 1.86. The molecular formula is C10H15ClN2O. The van der Waals surface area contributed by atoms with Gasteiger partial charge in [-0.15, -0.1) is 12.4 Å². The molecule has 0 aliphatic heterocycles. The predicted molar refractivity (Wildman–Crippen MR) is 59.3 cm³/mol. The third-order valence-corrected chi connectivity index (χ3v) is 1.86. The van der Waals surface area contributed by atoms with Crippen molar-refractivity contribution in [1.82, 2.24) is 5.32 Å². The summed E-state index contributed by atoms with van der Waals surface area (Å²) in [7, 11) is 0. The highest BCUT2D eigenvalue weighted by Crippen LogP contribution is 2.10. The summed E-state index contributed by atoms with van der Waals surface area (Å²) >= 11 is 0. The molecule has 14 heavy (non-hydrogen) atoms. The SMILES string of the molecule is CC(NC(=O)CN)c1ccccc1.Cl. The molecule has 78 valence electrons. The molecule has 1 aromatic rings. The molecule has 0 spiro atoms. The first kappa shape index (κ1) is 12.9. The summed E-state index contributed by atoms with van der Waals surface area (Å²) in [5, 5.41) is 2.78. The van der Waals surface area contributed by atoms with Gasteiger partial charge in [-0.1, -0.05) is 30.3 Å². The first-order valence-electron chi connectivity index (χ1n) is 4.28. The molecule has 0 saturated heterocycles. The van der Waals surface area contributed by atoms with E-state index >= 15 is 0 Å². The van der Waals surface area contributed by atoms with Crippen molar-refractivity contribution in [2.75, 3.05) is 6.54 Å². The van der Waals surface area contributed by atoms with Gasteiger partial charge in [0.05, 0.1) is 12.6 Å². The normalized spacial score (nSPS) is 11.3. The maximum atomic E-state index is 11.0. The van der Waals surface area contributed by atoms with Crippen LogP contribution in [0.3, 0.4) is 0 Å². The maximum Gasteiger partial charge on any atom is 0.234 e. The standard InChI is InChI=1S/C10H14N2O.ClH/c1-8(12-10(13)7-11)9-5-3-2-4-6-9;/h2-6,8H,7,11H2,1H3,(H,12,13);1H. The van der Waals surface area contributed by atoms with Crippen molar-refractivity contribution in [3.63, 3.8) is 0 Å². The van der Waals surface area contributed by atoms with Crippen molar-refractivity contribution in [3.05, 3.63) is 35.9 Å². The monoisotopic (exact) mass is 214 g/mol. The van der Waals surface area contributed by atoms with Gasteiger partial charge in [-0.3, -0.25) is 4.79 Å². The fourth-order valence-corrected chi connectivity index (χ4v) is 1.13. The van der Waals surface area contributed by atoms with Crippen molar-refractivity contribution >= 4 is 18.3 Å². The summed E-state index contributed by atoms with van der Waals surface area (Å²) < 4.78 is 0. The average molecular weight is 215 g/mol. The van der Waals surface area contributed by atoms with Gasteiger partial charge in [-0.25, -0.2) is 0 Å². The second-order valence-corrected chi connectivity index (χ2v) is 2.90. The van der Waals surface area contributed by atoms with Crippen LogP contribution in [-0.4, -0.2) is 12.5 Å². The molecule has 0 aromatic heterocycles. The highest BCUT2D eigenvalue weighted by Gasteiger charge is 2.06. The van der Waals surface area contributed by atoms with Gasteiger partial charge in [0.1, 0.15) is 0 Å². The number of nitrogens with one attached hydrogen (secondary N) is 1. The Labute approximate surface area is 90.1 Å². The Bertz CT molecular complexity index is 277. The highest BCUT2D eigenvalue weighted by atomic mass is 35.5. The molecule has 0 heterocycles. The van der Waals surface area contributed by atoms with Gasteiger partial charge in [-0.2, -0.15) is 0 Å². The van der Waals surface area contributed by atoms with Crippen LogP contribution in [0.5, 0.6) is 0 Å². The predicted octanol–water partition coefficient (Wildman–Crippen LogP) is 1.24. The summed E-state index contributed by atoms with van der Waals surface area (Å²) in [6, 6.07) is 9.81. The van der Waals surface area contributed by atoms with Crippen LogP contribution in [0.25, 0.3) is 0 Å². The Morgan fingerprint density at radius 1 is 1.43 bits per heavy atom. The fraction of sp³-hybridized carbons (Fsp3) is 0.300. The lowest BCUT2D eigenvalue weighted by molar-refractivity contribution is -0.120. The Kier molecular flexibility index (Phi) is 5.92. The Hall–Kier alpha value is -1.06. The van der Waals surface area contributed by atoms with E-state index in [4.69, 9.17) is 5.73 Å². The van der Waals surface area contributed by atoms with E-state index in [-0.39, 0.29) is 30.9 Å². The number of rotatable bonds is 3. The lowest BCUT2D eigenvalue weighted by Gasteiger charge is -2.12. The minimum Gasteiger partial charge on any atom is -0.348 e. The van der Waals surface area contributed by atoms with Gasteiger partial charge < -0.3 is 11.1 Å². The molecule has 1 amide bonds. The molecular weight excluding hydrogens is 200 g/mol. The smallest absolute Gasteiger partial charge is 0.234 e. The van der Waals surface area contributed by atoms with Gasteiger partial charge in [0, 0.05) is 0 Å². The number of benzene rings is 1. The molecule has 0 bridgehead atoms. The molecule has 0 aliphatic carbocycles. The minimum atomic E-state index is -0.128.